The molecule has 0 radical (unpaired) electrons. The fourth-order valence-electron chi connectivity index (χ4n) is 1.81. The number of nitrogens with one attached hydrogen (secondary N) is 1. The first kappa shape index (κ1) is 21.9. The van der Waals surface area contributed by atoms with Crippen LogP contribution in [0.25, 0.3) is 0 Å². The van der Waals surface area contributed by atoms with Crippen molar-refractivity contribution in [3.8, 4) is 5.75 Å². The number of anilines is 1. The second-order valence-electron chi connectivity index (χ2n) is 5.30. The van der Waals surface area contributed by atoms with Gasteiger partial charge in [0.25, 0.3) is 0 Å². The molecular weight excluding hydrogens is 438 g/mol. The van der Waals surface area contributed by atoms with Crippen LogP contribution in [0.3, 0.4) is 0 Å². The van der Waals surface area contributed by atoms with Crippen LogP contribution >= 0.6 is 11.3 Å². The normalized spacial score (nSPS) is 13.8. The van der Waals surface area contributed by atoms with Crippen LogP contribution in [0.4, 0.5) is 31.5 Å². The average molecular weight is 448 g/mol. The molecule has 28 heavy (non-hydrogen) atoms. The highest BCUT2D eigenvalue weighted by Crippen LogP contribution is 2.32. The number of carbonyl (C=O) groups is 1. The van der Waals surface area contributed by atoms with Gasteiger partial charge in [-0.25, -0.2) is 4.98 Å². The molecule has 14 heteroatoms. The van der Waals surface area contributed by atoms with E-state index < -0.39 is 45.1 Å². The van der Waals surface area contributed by atoms with Crippen LogP contribution in [-0.4, -0.2) is 24.8 Å². The van der Waals surface area contributed by atoms with E-state index in [1.54, 1.807) is 0 Å². The predicted molar refractivity (Wildman–Crippen MR) is 86.2 cm³/mol. The summed E-state index contributed by atoms with van der Waals surface area (Å²) in [6.45, 7) is 1.38. The van der Waals surface area contributed by atoms with Crippen molar-refractivity contribution in [2.45, 2.75) is 24.5 Å². The third kappa shape index (κ3) is 5.13. The predicted octanol–water partition coefficient (Wildman–Crippen LogP) is 4.13. The number of hydrogen-bond donors (Lipinski definition) is 1. The number of hydrogen-bond acceptors (Lipinski definition) is 6. The fraction of sp³-hybridized carbons (Fsp3) is 0.286. The van der Waals surface area contributed by atoms with E-state index in [0.717, 1.165) is 29.6 Å². The maximum atomic E-state index is 12.5. The van der Waals surface area contributed by atoms with E-state index in [1.807, 2.05) is 0 Å². The van der Waals surface area contributed by atoms with Crippen molar-refractivity contribution in [3.05, 3.63) is 40.9 Å². The highest BCUT2D eigenvalue weighted by atomic mass is 32.2. The largest absolute Gasteiger partial charge is 0.534 e. The minimum absolute atomic E-state index is 0.252. The maximum Gasteiger partial charge on any atom is 0.534 e. The lowest BCUT2D eigenvalue weighted by Crippen LogP contribution is -2.28. The van der Waals surface area contributed by atoms with E-state index in [9.17, 15) is 39.6 Å². The zero-order chi connectivity index (χ0) is 21.3. The van der Waals surface area contributed by atoms with Gasteiger partial charge >= 0.3 is 21.8 Å². The van der Waals surface area contributed by atoms with E-state index in [1.165, 1.54) is 6.92 Å². The first-order valence-corrected chi connectivity index (χ1v) is 9.44. The Bertz CT molecular complexity index is 951. The topological polar surface area (TPSA) is 85.4 Å². The van der Waals surface area contributed by atoms with Crippen molar-refractivity contribution in [2.24, 2.45) is 0 Å². The smallest absolute Gasteiger partial charge is 0.376 e. The van der Waals surface area contributed by atoms with E-state index in [4.69, 9.17) is 0 Å². The molecule has 0 saturated heterocycles. The summed E-state index contributed by atoms with van der Waals surface area (Å²) >= 11 is 0.572. The molecule has 1 unspecified atom stereocenters. The van der Waals surface area contributed by atoms with Crippen LogP contribution in [0.1, 0.15) is 24.1 Å². The van der Waals surface area contributed by atoms with Crippen LogP contribution < -0.4 is 9.50 Å². The molecule has 2 rings (SSSR count). The lowest BCUT2D eigenvalue weighted by molar-refractivity contribution is -0.140. The lowest BCUT2D eigenvalue weighted by Gasteiger charge is -2.13. The van der Waals surface area contributed by atoms with Gasteiger partial charge in [0, 0.05) is 5.38 Å². The molecule has 0 aliphatic rings. The van der Waals surface area contributed by atoms with Gasteiger partial charge in [-0.3, -0.25) is 4.79 Å². The Morgan fingerprint density at radius 2 is 1.71 bits per heavy atom. The highest BCUT2D eigenvalue weighted by Gasteiger charge is 2.48. The summed E-state index contributed by atoms with van der Waals surface area (Å²) in [5.41, 5.74) is -6.50. The van der Waals surface area contributed by atoms with Gasteiger partial charge in [0.1, 0.15) is 5.75 Å². The summed E-state index contributed by atoms with van der Waals surface area (Å²) in [4.78, 5) is 15.4. The molecule has 1 heterocycles. The van der Waals surface area contributed by atoms with Crippen molar-refractivity contribution in [2.75, 3.05) is 5.32 Å². The molecule has 0 saturated carbocycles. The molecule has 6 nitrogen and oxygen atoms in total. The van der Waals surface area contributed by atoms with E-state index >= 15 is 0 Å². The Morgan fingerprint density at radius 1 is 1.14 bits per heavy atom. The van der Waals surface area contributed by atoms with Crippen LogP contribution in [0.15, 0.2) is 29.6 Å². The first-order valence-electron chi connectivity index (χ1n) is 7.15. The number of carbonyl (C=O) groups excluding carboxylic acids is 1. The molecule has 1 aromatic carbocycles. The second kappa shape index (κ2) is 7.58. The van der Waals surface area contributed by atoms with Gasteiger partial charge in [-0.2, -0.15) is 34.8 Å². The Hall–Kier alpha value is -2.35. The number of alkyl halides is 6. The number of nitrogens with zero attached hydrogens (tertiary/aromatic N) is 1. The molecule has 0 aliphatic carbocycles. The van der Waals surface area contributed by atoms with Gasteiger partial charge in [-0.15, -0.1) is 11.3 Å². The molecular formula is C14H10F6N2O4S2. The van der Waals surface area contributed by atoms with E-state index in [0.29, 0.717) is 11.3 Å². The lowest BCUT2D eigenvalue weighted by atomic mass is 10.0. The van der Waals surface area contributed by atoms with Gasteiger partial charge in [0.15, 0.2) is 10.8 Å². The summed E-state index contributed by atoms with van der Waals surface area (Å²) < 4.78 is 100. The summed E-state index contributed by atoms with van der Waals surface area (Å²) in [5.74, 6) is -2.27. The minimum Gasteiger partial charge on any atom is -0.376 e. The van der Waals surface area contributed by atoms with Crippen LogP contribution in [0, 0.1) is 0 Å². The Kier molecular flexibility index (Phi) is 5.94. The first-order chi connectivity index (χ1) is 12.7. The van der Waals surface area contributed by atoms with Gasteiger partial charge in [0.2, 0.25) is 5.91 Å². The molecule has 1 aromatic heterocycles. The molecule has 1 atom stereocenters. The minimum atomic E-state index is -5.83. The average Bonchev–Trinajstić information content (AvgIpc) is 3.02. The van der Waals surface area contributed by atoms with Crippen LogP contribution in [-0.2, 0) is 21.1 Å². The van der Waals surface area contributed by atoms with Gasteiger partial charge in [-0.1, -0.05) is 12.1 Å². The third-order valence-electron chi connectivity index (χ3n) is 3.29. The molecule has 1 amide bonds. The van der Waals surface area contributed by atoms with Crippen molar-refractivity contribution < 1.29 is 43.7 Å². The van der Waals surface area contributed by atoms with E-state index in [2.05, 4.69) is 14.5 Å². The Labute approximate surface area is 158 Å². The highest BCUT2D eigenvalue weighted by molar-refractivity contribution is 7.88. The molecule has 1 N–H and O–H groups in total. The van der Waals surface area contributed by atoms with Crippen molar-refractivity contribution >= 4 is 32.5 Å². The summed E-state index contributed by atoms with van der Waals surface area (Å²) in [6, 6.07) is 4.12. The number of thiazole rings is 1. The number of rotatable bonds is 5. The zero-order valence-electron chi connectivity index (χ0n) is 13.6. The molecule has 0 fully saturated rings. The molecule has 0 bridgehead atoms. The summed E-state index contributed by atoms with van der Waals surface area (Å²) in [6.07, 6.45) is -4.66. The molecule has 154 valence electrons. The summed E-state index contributed by atoms with van der Waals surface area (Å²) in [5, 5.41) is 2.65. The Balaban J connectivity index is 2.07. The van der Waals surface area contributed by atoms with Crippen LogP contribution in [0.2, 0.25) is 0 Å². The van der Waals surface area contributed by atoms with Crippen molar-refractivity contribution in [3.63, 3.8) is 0 Å². The third-order valence-corrected chi connectivity index (χ3v) is 5.02. The number of halogens is 6. The zero-order valence-corrected chi connectivity index (χ0v) is 15.3. The summed E-state index contributed by atoms with van der Waals surface area (Å²) in [7, 11) is -5.83. The van der Waals surface area contributed by atoms with Gasteiger partial charge in [0.05, 0.1) is 5.92 Å². The number of benzene rings is 1. The molecule has 0 spiro atoms. The molecule has 0 aliphatic heterocycles. The Morgan fingerprint density at radius 3 is 2.18 bits per heavy atom. The standard InChI is InChI=1S/C14H10F6N2O4S2/c1-7(11(23)22-12-21-10(6-27-12)13(15,16)17)8-2-4-9(5-3-8)26-28(24,25)14(18,19)20/h2-7H,1H3,(H,21,22,23). The molecule has 2 aromatic rings. The van der Waals surface area contributed by atoms with Gasteiger partial charge in [-0.05, 0) is 24.6 Å². The number of amides is 1. The SMILES string of the molecule is CC(C(=O)Nc1nc(C(F)(F)F)cs1)c1ccc(OS(=O)(=O)C(F)(F)F)cc1. The van der Waals surface area contributed by atoms with Gasteiger partial charge < -0.3 is 9.50 Å². The van der Waals surface area contributed by atoms with Crippen LogP contribution in [0.5, 0.6) is 5.75 Å². The quantitative estimate of drug-likeness (QED) is 0.422. The maximum absolute atomic E-state index is 12.5. The van der Waals surface area contributed by atoms with E-state index in [-0.39, 0.29) is 10.7 Å². The van der Waals surface area contributed by atoms with Crippen molar-refractivity contribution in [1.82, 2.24) is 4.98 Å². The second-order valence-corrected chi connectivity index (χ2v) is 7.69. The monoisotopic (exact) mass is 448 g/mol. The fourth-order valence-corrected chi connectivity index (χ4v) is 2.99. The number of aromatic nitrogens is 1. The van der Waals surface area contributed by atoms with Crippen molar-refractivity contribution in [1.29, 1.82) is 0 Å².